The van der Waals surface area contributed by atoms with Gasteiger partial charge in [0.2, 0.25) is 0 Å². The average molecular weight is 374 g/mol. The van der Waals surface area contributed by atoms with E-state index in [1.54, 1.807) is 6.20 Å². The van der Waals surface area contributed by atoms with Crippen LogP contribution in [0.1, 0.15) is 34.3 Å². The number of carbonyl (C=O) groups is 1. The zero-order valence-corrected chi connectivity index (χ0v) is 16.0. The minimum absolute atomic E-state index is 0.0270. The number of piperidine rings is 1. The Labute approximate surface area is 166 Å². The topological polar surface area (TPSA) is 50.2 Å². The summed E-state index contributed by atoms with van der Waals surface area (Å²) in [6.07, 6.45) is 5.45. The van der Waals surface area contributed by atoms with Crippen molar-refractivity contribution >= 4 is 5.91 Å². The van der Waals surface area contributed by atoms with Crippen molar-refractivity contribution in [2.24, 2.45) is 0 Å². The Kier molecular flexibility index (Phi) is 5.83. The minimum atomic E-state index is -0.0270. The molecule has 1 aliphatic rings. The second kappa shape index (κ2) is 8.85. The van der Waals surface area contributed by atoms with Crippen LogP contribution in [0.5, 0.6) is 0 Å². The molecule has 0 atom stereocenters. The van der Waals surface area contributed by atoms with Crippen molar-refractivity contribution in [3.63, 3.8) is 0 Å². The van der Waals surface area contributed by atoms with Crippen molar-refractivity contribution in [3.8, 4) is 0 Å². The number of aromatic nitrogens is 2. The lowest BCUT2D eigenvalue weighted by atomic mass is 10.0. The third-order valence-corrected chi connectivity index (χ3v) is 5.25. The van der Waals surface area contributed by atoms with E-state index in [9.17, 15) is 4.79 Å². The standard InChI is InChI=1S/C23H26N4O/c28-23(21-15-24-27(18-21)17-20-9-5-2-6-10-20)25-22-11-13-26(14-12-22)16-19-7-3-1-4-8-19/h1-10,15,18,22H,11-14,16-17H2,(H,25,28). The summed E-state index contributed by atoms with van der Waals surface area (Å²) in [7, 11) is 0. The Morgan fingerprint density at radius 3 is 2.18 bits per heavy atom. The van der Waals surface area contributed by atoms with Gasteiger partial charge in [0.25, 0.3) is 5.91 Å². The van der Waals surface area contributed by atoms with Gasteiger partial charge in [0.1, 0.15) is 0 Å². The lowest BCUT2D eigenvalue weighted by molar-refractivity contribution is 0.0909. The van der Waals surface area contributed by atoms with Crippen molar-refractivity contribution in [1.29, 1.82) is 0 Å². The van der Waals surface area contributed by atoms with Gasteiger partial charge in [0.05, 0.1) is 18.3 Å². The first-order chi connectivity index (χ1) is 13.8. The van der Waals surface area contributed by atoms with E-state index in [2.05, 4.69) is 51.7 Å². The van der Waals surface area contributed by atoms with Gasteiger partial charge in [-0.15, -0.1) is 0 Å². The normalized spacial score (nSPS) is 15.4. The van der Waals surface area contributed by atoms with E-state index >= 15 is 0 Å². The quantitative estimate of drug-likeness (QED) is 0.720. The van der Waals surface area contributed by atoms with Gasteiger partial charge in [-0.2, -0.15) is 5.10 Å². The smallest absolute Gasteiger partial charge is 0.254 e. The molecular formula is C23H26N4O. The van der Waals surface area contributed by atoms with Crippen LogP contribution >= 0.6 is 0 Å². The molecule has 0 bridgehead atoms. The summed E-state index contributed by atoms with van der Waals surface area (Å²) in [5.41, 5.74) is 3.14. The van der Waals surface area contributed by atoms with Crippen LogP contribution in [0.15, 0.2) is 73.1 Å². The van der Waals surface area contributed by atoms with Crippen LogP contribution in [0.3, 0.4) is 0 Å². The number of hydrogen-bond donors (Lipinski definition) is 1. The van der Waals surface area contributed by atoms with Crippen LogP contribution in [-0.4, -0.2) is 39.7 Å². The first kappa shape index (κ1) is 18.4. The van der Waals surface area contributed by atoms with Gasteiger partial charge in [-0.3, -0.25) is 14.4 Å². The van der Waals surface area contributed by atoms with Gasteiger partial charge in [0.15, 0.2) is 0 Å². The van der Waals surface area contributed by atoms with Crippen molar-refractivity contribution in [2.45, 2.75) is 32.0 Å². The Morgan fingerprint density at radius 2 is 1.54 bits per heavy atom. The number of likely N-dealkylation sites (tertiary alicyclic amines) is 1. The monoisotopic (exact) mass is 374 g/mol. The largest absolute Gasteiger partial charge is 0.349 e. The molecule has 1 aliphatic heterocycles. The van der Waals surface area contributed by atoms with Gasteiger partial charge in [-0.1, -0.05) is 60.7 Å². The molecule has 1 N–H and O–H groups in total. The molecule has 1 amide bonds. The Hall–Kier alpha value is -2.92. The summed E-state index contributed by atoms with van der Waals surface area (Å²) in [5, 5.41) is 7.51. The maximum Gasteiger partial charge on any atom is 0.254 e. The van der Waals surface area contributed by atoms with Gasteiger partial charge in [0, 0.05) is 31.9 Å². The van der Waals surface area contributed by atoms with Crippen molar-refractivity contribution in [2.75, 3.05) is 13.1 Å². The fraction of sp³-hybridized carbons (Fsp3) is 0.304. The number of hydrogen-bond acceptors (Lipinski definition) is 3. The van der Waals surface area contributed by atoms with E-state index in [4.69, 9.17) is 0 Å². The fourth-order valence-electron chi connectivity index (χ4n) is 3.68. The third kappa shape index (κ3) is 4.87. The summed E-state index contributed by atoms with van der Waals surface area (Å²) in [6.45, 7) is 3.67. The molecule has 1 saturated heterocycles. The van der Waals surface area contributed by atoms with E-state index in [-0.39, 0.29) is 11.9 Å². The van der Waals surface area contributed by atoms with E-state index in [0.29, 0.717) is 12.1 Å². The summed E-state index contributed by atoms with van der Waals surface area (Å²) < 4.78 is 1.81. The van der Waals surface area contributed by atoms with Crippen LogP contribution in [0.2, 0.25) is 0 Å². The van der Waals surface area contributed by atoms with Gasteiger partial charge >= 0.3 is 0 Å². The number of amides is 1. The second-order valence-corrected chi connectivity index (χ2v) is 7.42. The third-order valence-electron chi connectivity index (χ3n) is 5.25. The predicted molar refractivity (Wildman–Crippen MR) is 110 cm³/mol. The van der Waals surface area contributed by atoms with Crippen LogP contribution in [0.4, 0.5) is 0 Å². The maximum atomic E-state index is 12.6. The number of nitrogens with one attached hydrogen (secondary N) is 1. The van der Waals surface area contributed by atoms with Crippen LogP contribution in [-0.2, 0) is 13.1 Å². The molecule has 2 heterocycles. The molecule has 144 valence electrons. The zero-order valence-electron chi connectivity index (χ0n) is 16.0. The molecule has 5 nitrogen and oxygen atoms in total. The van der Waals surface area contributed by atoms with E-state index in [0.717, 1.165) is 32.5 Å². The highest BCUT2D eigenvalue weighted by molar-refractivity contribution is 5.93. The fourth-order valence-corrected chi connectivity index (χ4v) is 3.68. The molecule has 4 rings (SSSR count). The molecule has 1 aromatic heterocycles. The molecule has 0 unspecified atom stereocenters. The molecule has 28 heavy (non-hydrogen) atoms. The summed E-state index contributed by atoms with van der Waals surface area (Å²) >= 11 is 0. The lowest BCUT2D eigenvalue weighted by Crippen LogP contribution is -2.44. The Balaban J connectivity index is 1.26. The lowest BCUT2D eigenvalue weighted by Gasteiger charge is -2.32. The molecule has 3 aromatic rings. The summed E-state index contributed by atoms with van der Waals surface area (Å²) in [5.74, 6) is -0.0270. The first-order valence-electron chi connectivity index (χ1n) is 9.90. The minimum Gasteiger partial charge on any atom is -0.349 e. The van der Waals surface area contributed by atoms with E-state index in [1.165, 1.54) is 11.1 Å². The highest BCUT2D eigenvalue weighted by Crippen LogP contribution is 2.14. The average Bonchev–Trinajstić information content (AvgIpc) is 3.20. The number of benzene rings is 2. The highest BCUT2D eigenvalue weighted by Gasteiger charge is 2.21. The van der Waals surface area contributed by atoms with E-state index < -0.39 is 0 Å². The van der Waals surface area contributed by atoms with Crippen LogP contribution in [0, 0.1) is 0 Å². The number of carbonyl (C=O) groups excluding carboxylic acids is 1. The molecule has 0 radical (unpaired) electrons. The Bertz CT molecular complexity index is 883. The van der Waals surface area contributed by atoms with Gasteiger partial charge < -0.3 is 5.32 Å². The molecular weight excluding hydrogens is 348 g/mol. The highest BCUT2D eigenvalue weighted by atomic mass is 16.1. The Morgan fingerprint density at radius 1 is 0.929 bits per heavy atom. The van der Waals surface area contributed by atoms with Gasteiger partial charge in [-0.05, 0) is 24.0 Å². The van der Waals surface area contributed by atoms with Crippen LogP contribution < -0.4 is 5.32 Å². The molecule has 1 fully saturated rings. The van der Waals surface area contributed by atoms with Crippen molar-refractivity contribution < 1.29 is 4.79 Å². The first-order valence-corrected chi connectivity index (χ1v) is 9.90. The number of nitrogens with zero attached hydrogens (tertiary/aromatic N) is 3. The molecule has 2 aromatic carbocycles. The van der Waals surface area contributed by atoms with Gasteiger partial charge in [-0.25, -0.2) is 0 Å². The summed E-state index contributed by atoms with van der Waals surface area (Å²) in [6, 6.07) is 20.9. The molecule has 0 aliphatic carbocycles. The molecule has 0 spiro atoms. The molecule has 5 heteroatoms. The second-order valence-electron chi connectivity index (χ2n) is 7.42. The molecule has 0 saturated carbocycles. The van der Waals surface area contributed by atoms with E-state index in [1.807, 2.05) is 35.1 Å². The zero-order chi connectivity index (χ0) is 19.2. The SMILES string of the molecule is O=C(NC1CCN(Cc2ccccc2)CC1)c1cnn(Cc2ccccc2)c1. The van der Waals surface area contributed by atoms with Crippen molar-refractivity contribution in [1.82, 2.24) is 20.0 Å². The predicted octanol–water partition coefficient (Wildman–Crippen LogP) is 3.33. The summed E-state index contributed by atoms with van der Waals surface area (Å²) in [4.78, 5) is 15.0. The van der Waals surface area contributed by atoms with Crippen molar-refractivity contribution in [3.05, 3.63) is 89.7 Å². The van der Waals surface area contributed by atoms with Crippen LogP contribution in [0.25, 0.3) is 0 Å². The maximum absolute atomic E-state index is 12.6. The number of rotatable bonds is 6.